The first-order chi connectivity index (χ1) is 8.81. The predicted octanol–water partition coefficient (Wildman–Crippen LogP) is 1.93. The molecule has 0 unspecified atom stereocenters. The number of benzene rings is 1. The first kappa shape index (κ1) is 11.2. The van der Waals surface area contributed by atoms with E-state index in [4.69, 9.17) is 0 Å². The number of pyridine rings is 1. The molecule has 0 radical (unpaired) electrons. The third-order valence-corrected chi connectivity index (χ3v) is 3.00. The Morgan fingerprint density at radius 1 is 1.33 bits per heavy atom. The first-order valence-corrected chi connectivity index (χ1v) is 6.19. The van der Waals surface area contributed by atoms with E-state index in [1.54, 1.807) is 6.20 Å². The highest BCUT2D eigenvalue weighted by atomic mass is 16.1. The zero-order valence-corrected chi connectivity index (χ0v) is 10.0. The van der Waals surface area contributed by atoms with Crippen LogP contribution in [-0.4, -0.2) is 23.5 Å². The Morgan fingerprint density at radius 3 is 3.00 bits per heavy atom. The topological polar surface area (TPSA) is 54.0 Å². The SMILES string of the molecule is O=C(CNC1CC1)Nc1cnc2ccccc2c1. The molecular formula is C14H15N3O. The predicted molar refractivity (Wildman–Crippen MR) is 71.4 cm³/mol. The molecule has 2 N–H and O–H groups in total. The lowest BCUT2D eigenvalue weighted by molar-refractivity contribution is -0.115. The molecule has 0 spiro atoms. The zero-order chi connectivity index (χ0) is 12.4. The van der Waals surface area contributed by atoms with Gasteiger partial charge in [0.05, 0.1) is 23.9 Å². The Bertz CT molecular complexity index is 578. The number of amides is 1. The van der Waals surface area contributed by atoms with Crippen LogP contribution in [0.1, 0.15) is 12.8 Å². The van der Waals surface area contributed by atoms with E-state index < -0.39 is 0 Å². The number of carbonyl (C=O) groups is 1. The summed E-state index contributed by atoms with van der Waals surface area (Å²) in [5.74, 6) is -0.0148. The van der Waals surface area contributed by atoms with Crippen molar-refractivity contribution < 1.29 is 4.79 Å². The average Bonchev–Trinajstić information content (AvgIpc) is 3.20. The molecule has 18 heavy (non-hydrogen) atoms. The summed E-state index contributed by atoms with van der Waals surface area (Å²) in [4.78, 5) is 16.0. The fourth-order valence-electron chi connectivity index (χ4n) is 1.87. The second-order valence-electron chi connectivity index (χ2n) is 4.62. The van der Waals surface area contributed by atoms with E-state index in [2.05, 4.69) is 15.6 Å². The minimum atomic E-state index is -0.0148. The maximum absolute atomic E-state index is 11.7. The highest BCUT2D eigenvalue weighted by Crippen LogP contribution is 2.18. The molecule has 1 aliphatic carbocycles. The van der Waals surface area contributed by atoms with E-state index in [0.717, 1.165) is 16.6 Å². The van der Waals surface area contributed by atoms with Crippen molar-refractivity contribution in [3.05, 3.63) is 36.5 Å². The van der Waals surface area contributed by atoms with Gasteiger partial charge in [-0.1, -0.05) is 18.2 Å². The molecule has 1 aliphatic rings. The van der Waals surface area contributed by atoms with Crippen molar-refractivity contribution in [1.29, 1.82) is 0 Å². The highest BCUT2D eigenvalue weighted by Gasteiger charge is 2.21. The lowest BCUT2D eigenvalue weighted by Crippen LogP contribution is -2.29. The number of hydrogen-bond donors (Lipinski definition) is 2. The molecule has 1 heterocycles. The Morgan fingerprint density at radius 2 is 2.17 bits per heavy atom. The van der Waals surface area contributed by atoms with E-state index in [9.17, 15) is 4.79 Å². The number of carbonyl (C=O) groups excluding carboxylic acids is 1. The summed E-state index contributed by atoms with van der Waals surface area (Å²) in [6, 6.07) is 10.3. The smallest absolute Gasteiger partial charge is 0.238 e. The number of anilines is 1. The van der Waals surface area contributed by atoms with Gasteiger partial charge in [0, 0.05) is 11.4 Å². The first-order valence-electron chi connectivity index (χ1n) is 6.19. The zero-order valence-electron chi connectivity index (χ0n) is 10.0. The number of aromatic nitrogens is 1. The minimum absolute atomic E-state index is 0.0148. The van der Waals surface area contributed by atoms with Crippen molar-refractivity contribution in [2.45, 2.75) is 18.9 Å². The van der Waals surface area contributed by atoms with Crippen molar-refractivity contribution in [2.24, 2.45) is 0 Å². The molecule has 2 aromatic rings. The van der Waals surface area contributed by atoms with Crippen molar-refractivity contribution in [1.82, 2.24) is 10.3 Å². The maximum atomic E-state index is 11.7. The Hall–Kier alpha value is -1.94. The van der Waals surface area contributed by atoms with Gasteiger partial charge in [0.15, 0.2) is 0 Å². The Balaban J connectivity index is 1.67. The summed E-state index contributed by atoms with van der Waals surface area (Å²) in [5.41, 5.74) is 1.68. The molecule has 0 aliphatic heterocycles. The number of nitrogens with one attached hydrogen (secondary N) is 2. The van der Waals surface area contributed by atoms with E-state index >= 15 is 0 Å². The van der Waals surface area contributed by atoms with Gasteiger partial charge < -0.3 is 10.6 Å². The van der Waals surface area contributed by atoms with Gasteiger partial charge in [-0.2, -0.15) is 0 Å². The van der Waals surface area contributed by atoms with Gasteiger partial charge in [0.2, 0.25) is 5.91 Å². The molecule has 1 amide bonds. The Labute approximate surface area is 105 Å². The minimum Gasteiger partial charge on any atom is -0.324 e. The molecule has 4 heteroatoms. The summed E-state index contributed by atoms with van der Waals surface area (Å²) < 4.78 is 0. The maximum Gasteiger partial charge on any atom is 0.238 e. The lowest BCUT2D eigenvalue weighted by Gasteiger charge is -2.06. The molecule has 4 nitrogen and oxygen atoms in total. The van der Waals surface area contributed by atoms with E-state index in [-0.39, 0.29) is 5.91 Å². The molecule has 0 atom stereocenters. The van der Waals surface area contributed by atoms with Gasteiger partial charge in [-0.3, -0.25) is 9.78 Å². The van der Waals surface area contributed by atoms with E-state index in [1.807, 2.05) is 30.3 Å². The fourth-order valence-corrected chi connectivity index (χ4v) is 1.87. The number of nitrogens with zero attached hydrogens (tertiary/aromatic N) is 1. The van der Waals surface area contributed by atoms with Crippen LogP contribution in [0.4, 0.5) is 5.69 Å². The third kappa shape index (κ3) is 2.65. The molecule has 1 saturated carbocycles. The molecule has 1 aromatic heterocycles. The molecular weight excluding hydrogens is 226 g/mol. The van der Waals surface area contributed by atoms with Gasteiger partial charge in [0.25, 0.3) is 0 Å². The second kappa shape index (κ2) is 4.74. The summed E-state index contributed by atoms with van der Waals surface area (Å²) in [6.07, 6.45) is 4.06. The lowest BCUT2D eigenvalue weighted by atomic mass is 10.2. The fraction of sp³-hybridized carbons (Fsp3) is 0.286. The monoisotopic (exact) mass is 241 g/mol. The summed E-state index contributed by atoms with van der Waals surface area (Å²) in [7, 11) is 0. The summed E-state index contributed by atoms with van der Waals surface area (Å²) in [5, 5.41) is 7.07. The quantitative estimate of drug-likeness (QED) is 0.860. The molecule has 1 fully saturated rings. The van der Waals surface area contributed by atoms with Crippen LogP contribution in [0.5, 0.6) is 0 Å². The average molecular weight is 241 g/mol. The largest absolute Gasteiger partial charge is 0.324 e. The van der Waals surface area contributed by atoms with Crippen LogP contribution in [0, 0.1) is 0 Å². The molecule has 1 aromatic carbocycles. The number of hydrogen-bond acceptors (Lipinski definition) is 3. The van der Waals surface area contributed by atoms with Crippen LogP contribution in [0.15, 0.2) is 36.5 Å². The summed E-state index contributed by atoms with van der Waals surface area (Å²) >= 11 is 0. The molecule has 3 rings (SSSR count). The van der Waals surface area contributed by atoms with Gasteiger partial charge in [-0.25, -0.2) is 0 Å². The van der Waals surface area contributed by atoms with E-state index in [0.29, 0.717) is 12.6 Å². The third-order valence-electron chi connectivity index (χ3n) is 3.00. The van der Waals surface area contributed by atoms with Crippen LogP contribution < -0.4 is 10.6 Å². The number of rotatable bonds is 4. The molecule has 92 valence electrons. The van der Waals surface area contributed by atoms with Gasteiger partial charge >= 0.3 is 0 Å². The number of fused-ring (bicyclic) bond motifs is 1. The van der Waals surface area contributed by atoms with E-state index in [1.165, 1.54) is 12.8 Å². The van der Waals surface area contributed by atoms with Gasteiger partial charge in [-0.05, 0) is 25.0 Å². The standard InChI is InChI=1S/C14H15N3O/c18-14(9-15-11-5-6-11)17-12-7-10-3-1-2-4-13(10)16-8-12/h1-4,7-8,11,15H,5-6,9H2,(H,17,18). The second-order valence-corrected chi connectivity index (χ2v) is 4.62. The summed E-state index contributed by atoms with van der Waals surface area (Å²) in [6.45, 7) is 0.373. The van der Waals surface area contributed by atoms with Crippen molar-refractivity contribution in [3.8, 4) is 0 Å². The normalized spacial score (nSPS) is 14.7. The van der Waals surface area contributed by atoms with Crippen LogP contribution in [0.2, 0.25) is 0 Å². The van der Waals surface area contributed by atoms with Gasteiger partial charge in [0.1, 0.15) is 0 Å². The van der Waals surface area contributed by atoms with Crippen LogP contribution in [-0.2, 0) is 4.79 Å². The van der Waals surface area contributed by atoms with Crippen molar-refractivity contribution >= 4 is 22.5 Å². The highest BCUT2D eigenvalue weighted by molar-refractivity contribution is 5.94. The van der Waals surface area contributed by atoms with Crippen molar-refractivity contribution in [2.75, 3.05) is 11.9 Å². The van der Waals surface area contributed by atoms with Crippen LogP contribution in [0.3, 0.4) is 0 Å². The Kier molecular flexibility index (Phi) is 2.94. The van der Waals surface area contributed by atoms with Crippen LogP contribution >= 0.6 is 0 Å². The van der Waals surface area contributed by atoms with Crippen molar-refractivity contribution in [3.63, 3.8) is 0 Å². The number of para-hydroxylation sites is 1. The van der Waals surface area contributed by atoms with Crippen LogP contribution in [0.25, 0.3) is 10.9 Å². The molecule has 0 bridgehead atoms. The molecule has 0 saturated heterocycles. The van der Waals surface area contributed by atoms with Gasteiger partial charge in [-0.15, -0.1) is 0 Å².